The minimum atomic E-state index is 0.838. The van der Waals surface area contributed by atoms with Gasteiger partial charge in [-0.25, -0.2) is 0 Å². The van der Waals surface area contributed by atoms with E-state index in [4.69, 9.17) is 4.74 Å². The topological polar surface area (TPSA) is 22.1 Å². The van der Waals surface area contributed by atoms with Crippen molar-refractivity contribution in [1.29, 1.82) is 0 Å². The minimum absolute atomic E-state index is 0.838. The molecule has 2 heterocycles. The van der Waals surface area contributed by atoms with Gasteiger partial charge in [0.25, 0.3) is 0 Å². The number of hydrogen-bond donors (Lipinski definition) is 0. The van der Waals surface area contributed by atoms with E-state index >= 15 is 0 Å². The summed E-state index contributed by atoms with van der Waals surface area (Å²) in [4.78, 5) is 5.74. The second-order valence-corrected chi connectivity index (χ2v) is 5.79. The molecule has 1 aromatic carbocycles. The highest BCUT2D eigenvalue weighted by atomic mass is 32.1. The van der Waals surface area contributed by atoms with Crippen LogP contribution in [0.5, 0.6) is 5.75 Å². The molecule has 0 bridgehead atoms. The smallest absolute Gasteiger partial charge is 0.118 e. The summed E-state index contributed by atoms with van der Waals surface area (Å²) >= 11 is 1.69. The van der Waals surface area contributed by atoms with Crippen molar-refractivity contribution in [3.63, 3.8) is 0 Å². The van der Waals surface area contributed by atoms with Crippen molar-refractivity contribution in [1.82, 2.24) is 4.98 Å². The van der Waals surface area contributed by atoms with E-state index in [-0.39, 0.29) is 0 Å². The summed E-state index contributed by atoms with van der Waals surface area (Å²) in [5.74, 6) is 7.24. The highest BCUT2D eigenvalue weighted by Gasteiger charge is 2.02. The third-order valence-corrected chi connectivity index (χ3v) is 4.06. The zero-order chi connectivity index (χ0) is 15.4. The van der Waals surface area contributed by atoms with Crippen molar-refractivity contribution in [2.75, 3.05) is 7.11 Å². The molecule has 0 radical (unpaired) electrons. The Kier molecular flexibility index (Phi) is 4.22. The number of aryl methyl sites for hydroxylation is 1. The van der Waals surface area contributed by atoms with Gasteiger partial charge in [0.1, 0.15) is 5.75 Å². The zero-order valence-electron chi connectivity index (χ0n) is 12.5. The van der Waals surface area contributed by atoms with E-state index in [9.17, 15) is 0 Å². The van der Waals surface area contributed by atoms with Crippen LogP contribution in [0.4, 0.5) is 0 Å². The van der Waals surface area contributed by atoms with Crippen LogP contribution in [-0.4, -0.2) is 12.1 Å². The van der Waals surface area contributed by atoms with Gasteiger partial charge in [0, 0.05) is 16.8 Å². The van der Waals surface area contributed by atoms with Gasteiger partial charge in [-0.1, -0.05) is 17.9 Å². The summed E-state index contributed by atoms with van der Waals surface area (Å²) in [6.45, 7) is 2.00. The second-order valence-electron chi connectivity index (χ2n) is 4.84. The fourth-order valence-electron chi connectivity index (χ4n) is 2.11. The highest BCUT2D eigenvalue weighted by Crippen LogP contribution is 2.23. The molecule has 2 aromatic heterocycles. The molecular formula is C19H15NOS. The van der Waals surface area contributed by atoms with Crippen LogP contribution in [0.25, 0.3) is 10.6 Å². The summed E-state index contributed by atoms with van der Waals surface area (Å²) in [5, 5.41) is 2.06. The van der Waals surface area contributed by atoms with E-state index in [2.05, 4.69) is 28.3 Å². The lowest BCUT2D eigenvalue weighted by molar-refractivity contribution is 0.415. The maximum Gasteiger partial charge on any atom is 0.118 e. The Balaban J connectivity index is 1.91. The van der Waals surface area contributed by atoms with E-state index in [0.717, 1.165) is 33.1 Å². The molecule has 3 heteroatoms. The van der Waals surface area contributed by atoms with Gasteiger partial charge in [0.2, 0.25) is 0 Å². The number of aromatic nitrogens is 1. The summed E-state index contributed by atoms with van der Waals surface area (Å²) in [7, 11) is 1.66. The molecule has 3 rings (SSSR count). The Morgan fingerprint density at radius 2 is 1.77 bits per heavy atom. The molecular weight excluding hydrogens is 290 g/mol. The van der Waals surface area contributed by atoms with Crippen LogP contribution >= 0.6 is 11.3 Å². The lowest BCUT2D eigenvalue weighted by Gasteiger charge is -2.01. The molecule has 3 aromatic rings. The number of ether oxygens (including phenoxy) is 1. The van der Waals surface area contributed by atoms with Crippen LogP contribution < -0.4 is 4.74 Å². The molecule has 22 heavy (non-hydrogen) atoms. The van der Waals surface area contributed by atoms with Crippen LogP contribution in [0.1, 0.15) is 16.8 Å². The molecule has 2 nitrogen and oxygen atoms in total. The molecule has 0 aliphatic heterocycles. The first-order valence-corrected chi connectivity index (χ1v) is 7.81. The van der Waals surface area contributed by atoms with Gasteiger partial charge >= 0.3 is 0 Å². The molecule has 0 fully saturated rings. The number of nitrogens with zero attached hydrogens (tertiary/aromatic N) is 1. The SMILES string of the molecule is COc1ccc(C#Cc2cc(C)nc(-c3cccs3)c2)cc1. The molecule has 0 saturated heterocycles. The van der Waals surface area contributed by atoms with Gasteiger partial charge in [0.05, 0.1) is 17.7 Å². The number of methoxy groups -OCH3 is 1. The van der Waals surface area contributed by atoms with Crippen LogP contribution in [0.3, 0.4) is 0 Å². The Bertz CT molecular complexity index is 824. The normalized spacial score (nSPS) is 9.91. The Morgan fingerprint density at radius 1 is 1.00 bits per heavy atom. The number of rotatable bonds is 2. The molecule has 0 spiro atoms. The van der Waals surface area contributed by atoms with Gasteiger partial charge in [-0.05, 0) is 54.8 Å². The maximum atomic E-state index is 5.15. The average molecular weight is 305 g/mol. The quantitative estimate of drug-likeness (QED) is 0.649. The number of pyridine rings is 1. The fourth-order valence-corrected chi connectivity index (χ4v) is 2.80. The Morgan fingerprint density at radius 3 is 2.45 bits per heavy atom. The van der Waals surface area contributed by atoms with Gasteiger partial charge < -0.3 is 4.74 Å². The Hall–Kier alpha value is -2.57. The lowest BCUT2D eigenvalue weighted by Crippen LogP contribution is -1.88. The molecule has 0 atom stereocenters. The first kappa shape index (κ1) is 14.4. The van der Waals surface area contributed by atoms with E-state index in [1.54, 1.807) is 18.4 Å². The van der Waals surface area contributed by atoms with Crippen molar-refractivity contribution >= 4 is 11.3 Å². The summed E-state index contributed by atoms with van der Waals surface area (Å²) in [6, 6.07) is 15.9. The predicted octanol–water partition coefficient (Wildman–Crippen LogP) is 4.53. The third kappa shape index (κ3) is 3.36. The molecule has 0 aliphatic carbocycles. The van der Waals surface area contributed by atoms with E-state index in [0.29, 0.717) is 0 Å². The van der Waals surface area contributed by atoms with E-state index in [1.807, 2.05) is 49.4 Å². The monoisotopic (exact) mass is 305 g/mol. The molecule has 0 unspecified atom stereocenters. The number of thiophene rings is 1. The van der Waals surface area contributed by atoms with Crippen molar-refractivity contribution in [3.8, 4) is 28.2 Å². The first-order chi connectivity index (χ1) is 10.7. The van der Waals surface area contributed by atoms with Crippen molar-refractivity contribution in [3.05, 3.63) is 70.7 Å². The van der Waals surface area contributed by atoms with Gasteiger partial charge in [0.15, 0.2) is 0 Å². The van der Waals surface area contributed by atoms with Crippen LogP contribution in [-0.2, 0) is 0 Å². The minimum Gasteiger partial charge on any atom is -0.497 e. The predicted molar refractivity (Wildman–Crippen MR) is 91.3 cm³/mol. The van der Waals surface area contributed by atoms with Gasteiger partial charge in [-0.3, -0.25) is 4.98 Å². The van der Waals surface area contributed by atoms with Crippen molar-refractivity contribution < 1.29 is 4.74 Å². The standard InChI is InChI=1S/C19H15NOS/c1-14-12-16(13-18(20-14)19-4-3-11-22-19)6-5-15-7-9-17(21-2)10-8-15/h3-4,7-13H,1-2H3. The highest BCUT2D eigenvalue weighted by molar-refractivity contribution is 7.13. The average Bonchev–Trinajstić information content (AvgIpc) is 3.07. The van der Waals surface area contributed by atoms with Gasteiger partial charge in [-0.15, -0.1) is 11.3 Å². The third-order valence-electron chi connectivity index (χ3n) is 3.17. The maximum absolute atomic E-state index is 5.15. The lowest BCUT2D eigenvalue weighted by atomic mass is 10.1. The van der Waals surface area contributed by atoms with Crippen LogP contribution in [0.2, 0.25) is 0 Å². The van der Waals surface area contributed by atoms with Crippen molar-refractivity contribution in [2.24, 2.45) is 0 Å². The van der Waals surface area contributed by atoms with E-state index in [1.165, 1.54) is 0 Å². The molecule has 108 valence electrons. The van der Waals surface area contributed by atoms with Crippen molar-refractivity contribution in [2.45, 2.75) is 6.92 Å². The summed E-state index contributed by atoms with van der Waals surface area (Å²) in [5.41, 5.74) is 3.90. The molecule has 0 N–H and O–H groups in total. The molecule has 0 amide bonds. The second kappa shape index (κ2) is 6.46. The zero-order valence-corrected chi connectivity index (χ0v) is 13.3. The number of benzene rings is 1. The molecule has 0 saturated carbocycles. The molecule has 0 aliphatic rings. The number of hydrogen-bond acceptors (Lipinski definition) is 3. The van der Waals surface area contributed by atoms with Gasteiger partial charge in [-0.2, -0.15) is 0 Å². The summed E-state index contributed by atoms with van der Waals surface area (Å²) < 4.78 is 5.15. The van der Waals surface area contributed by atoms with Crippen LogP contribution in [0.15, 0.2) is 53.9 Å². The largest absolute Gasteiger partial charge is 0.497 e. The Labute approximate surface area is 134 Å². The first-order valence-electron chi connectivity index (χ1n) is 6.93. The fraction of sp³-hybridized carbons (Fsp3) is 0.105. The van der Waals surface area contributed by atoms with E-state index < -0.39 is 0 Å². The summed E-state index contributed by atoms with van der Waals surface area (Å²) in [6.07, 6.45) is 0. The van der Waals surface area contributed by atoms with Crippen LogP contribution in [0, 0.1) is 18.8 Å².